The van der Waals surface area contributed by atoms with Crippen molar-refractivity contribution in [3.8, 4) is 39.1 Å². The molecule has 1 nitrogen and oxygen atoms in total. The van der Waals surface area contributed by atoms with Crippen LogP contribution in [0.5, 0.6) is 0 Å². The lowest BCUT2D eigenvalue weighted by molar-refractivity contribution is 1.18. The standard InChI is InChI=1S/C36H24ClN/c37-30-20-23-34-33(24-30)36-32(29-10-5-2-6-11-29)12-7-13-35(36)38(34)31-21-18-28(19-22-31)27-16-14-26(15-17-27)25-8-3-1-4-9-25/h1-24H. The lowest BCUT2D eigenvalue weighted by atomic mass is 9.99. The molecule has 1 heterocycles. The number of halogens is 1. The molecular formula is C36H24ClN. The Hall–Kier alpha value is -4.59. The monoisotopic (exact) mass is 505 g/mol. The minimum absolute atomic E-state index is 0.744. The van der Waals surface area contributed by atoms with Crippen LogP contribution in [0.1, 0.15) is 0 Å². The Balaban J connectivity index is 1.34. The second kappa shape index (κ2) is 9.37. The Morgan fingerprint density at radius 1 is 0.421 bits per heavy atom. The number of hydrogen-bond acceptors (Lipinski definition) is 0. The van der Waals surface area contributed by atoms with Crippen LogP contribution in [-0.2, 0) is 0 Å². The van der Waals surface area contributed by atoms with Crippen molar-refractivity contribution in [2.45, 2.75) is 0 Å². The molecule has 7 rings (SSSR count). The Bertz CT molecular complexity index is 1880. The van der Waals surface area contributed by atoms with Crippen molar-refractivity contribution in [1.82, 2.24) is 4.57 Å². The van der Waals surface area contributed by atoms with Crippen LogP contribution in [0.15, 0.2) is 146 Å². The van der Waals surface area contributed by atoms with Gasteiger partial charge in [0.1, 0.15) is 0 Å². The number of hydrogen-bond donors (Lipinski definition) is 0. The molecule has 0 radical (unpaired) electrons. The first-order chi connectivity index (χ1) is 18.8. The van der Waals surface area contributed by atoms with E-state index >= 15 is 0 Å². The number of fused-ring (bicyclic) bond motifs is 3. The van der Waals surface area contributed by atoms with Crippen molar-refractivity contribution in [2.24, 2.45) is 0 Å². The number of nitrogens with zero attached hydrogens (tertiary/aromatic N) is 1. The van der Waals surface area contributed by atoms with Crippen LogP contribution in [0.25, 0.3) is 60.9 Å². The first-order valence-corrected chi connectivity index (χ1v) is 13.2. The SMILES string of the molecule is Clc1ccc2c(c1)c1c(-c3ccccc3)cccc1n2-c1ccc(-c2ccc(-c3ccccc3)cc2)cc1. The molecule has 0 saturated carbocycles. The lowest BCUT2D eigenvalue weighted by Crippen LogP contribution is -1.94. The fourth-order valence-corrected chi connectivity index (χ4v) is 5.64. The predicted octanol–water partition coefficient (Wildman–Crippen LogP) is 10.4. The summed E-state index contributed by atoms with van der Waals surface area (Å²) in [7, 11) is 0. The zero-order valence-corrected chi connectivity index (χ0v) is 21.4. The van der Waals surface area contributed by atoms with Crippen LogP contribution < -0.4 is 0 Å². The van der Waals surface area contributed by atoms with E-state index in [4.69, 9.17) is 11.6 Å². The van der Waals surface area contributed by atoms with Gasteiger partial charge in [-0.3, -0.25) is 0 Å². The third-order valence-corrected chi connectivity index (χ3v) is 7.52. The van der Waals surface area contributed by atoms with Crippen molar-refractivity contribution >= 4 is 33.4 Å². The maximum Gasteiger partial charge on any atom is 0.0547 e. The second-order valence-electron chi connectivity index (χ2n) is 9.55. The van der Waals surface area contributed by atoms with Crippen molar-refractivity contribution in [2.75, 3.05) is 0 Å². The van der Waals surface area contributed by atoms with Crippen LogP contribution in [-0.4, -0.2) is 4.57 Å². The summed E-state index contributed by atoms with van der Waals surface area (Å²) in [6, 6.07) is 51.4. The van der Waals surface area contributed by atoms with Gasteiger partial charge in [-0.05, 0) is 69.8 Å². The third-order valence-electron chi connectivity index (χ3n) is 7.29. The van der Waals surface area contributed by atoms with Crippen molar-refractivity contribution in [1.29, 1.82) is 0 Å². The molecule has 0 spiro atoms. The van der Waals surface area contributed by atoms with Gasteiger partial charge >= 0.3 is 0 Å². The first-order valence-electron chi connectivity index (χ1n) is 12.8. The highest BCUT2D eigenvalue weighted by molar-refractivity contribution is 6.32. The molecule has 0 amide bonds. The molecule has 0 bridgehead atoms. The van der Waals surface area contributed by atoms with Crippen molar-refractivity contribution in [3.05, 3.63) is 151 Å². The first kappa shape index (κ1) is 22.6. The van der Waals surface area contributed by atoms with Gasteiger partial charge < -0.3 is 4.57 Å². The number of benzene rings is 6. The minimum atomic E-state index is 0.744. The largest absolute Gasteiger partial charge is 0.309 e. The van der Waals surface area contributed by atoms with Gasteiger partial charge in [-0.2, -0.15) is 0 Å². The van der Waals surface area contributed by atoms with Gasteiger partial charge in [0, 0.05) is 21.5 Å². The highest BCUT2D eigenvalue weighted by Crippen LogP contribution is 2.39. The Morgan fingerprint density at radius 2 is 0.974 bits per heavy atom. The molecule has 0 aliphatic rings. The molecule has 0 unspecified atom stereocenters. The van der Waals surface area contributed by atoms with E-state index in [0.29, 0.717) is 0 Å². The number of rotatable bonds is 4. The molecule has 0 atom stereocenters. The number of aromatic nitrogens is 1. The van der Waals surface area contributed by atoms with Gasteiger partial charge in [0.25, 0.3) is 0 Å². The van der Waals surface area contributed by atoms with Crippen LogP contribution >= 0.6 is 11.6 Å². The van der Waals surface area contributed by atoms with Crippen LogP contribution in [0.4, 0.5) is 0 Å². The zero-order valence-electron chi connectivity index (χ0n) is 20.7. The summed E-state index contributed by atoms with van der Waals surface area (Å²) in [5.74, 6) is 0. The van der Waals surface area contributed by atoms with Crippen LogP contribution in [0, 0.1) is 0 Å². The molecule has 7 aromatic rings. The lowest BCUT2D eigenvalue weighted by Gasteiger charge is -2.10. The molecule has 0 fully saturated rings. The second-order valence-corrected chi connectivity index (χ2v) is 9.99. The topological polar surface area (TPSA) is 4.93 Å². The maximum absolute atomic E-state index is 6.50. The van der Waals surface area contributed by atoms with Crippen molar-refractivity contribution < 1.29 is 0 Å². The fraction of sp³-hybridized carbons (Fsp3) is 0. The minimum Gasteiger partial charge on any atom is -0.309 e. The average Bonchev–Trinajstić information content (AvgIpc) is 3.32. The van der Waals surface area contributed by atoms with E-state index in [2.05, 4.69) is 138 Å². The molecule has 38 heavy (non-hydrogen) atoms. The van der Waals surface area contributed by atoms with Crippen LogP contribution in [0.2, 0.25) is 5.02 Å². The fourth-order valence-electron chi connectivity index (χ4n) is 5.47. The van der Waals surface area contributed by atoms with E-state index in [1.807, 2.05) is 12.1 Å². The van der Waals surface area contributed by atoms with Gasteiger partial charge in [-0.15, -0.1) is 0 Å². The molecule has 0 aliphatic carbocycles. The van der Waals surface area contributed by atoms with Gasteiger partial charge in [0.15, 0.2) is 0 Å². The zero-order chi connectivity index (χ0) is 25.5. The molecule has 2 heteroatoms. The van der Waals surface area contributed by atoms with Crippen LogP contribution in [0.3, 0.4) is 0 Å². The van der Waals surface area contributed by atoms with Gasteiger partial charge in [0.05, 0.1) is 11.0 Å². The highest BCUT2D eigenvalue weighted by atomic mass is 35.5. The quantitative estimate of drug-likeness (QED) is 0.224. The molecule has 0 aliphatic heterocycles. The smallest absolute Gasteiger partial charge is 0.0547 e. The van der Waals surface area contributed by atoms with Gasteiger partial charge in [-0.1, -0.05) is 121 Å². The van der Waals surface area contributed by atoms with E-state index in [-0.39, 0.29) is 0 Å². The third kappa shape index (κ3) is 3.89. The normalized spacial score (nSPS) is 11.3. The summed E-state index contributed by atoms with van der Waals surface area (Å²) in [6.45, 7) is 0. The predicted molar refractivity (Wildman–Crippen MR) is 162 cm³/mol. The molecule has 0 saturated heterocycles. The summed E-state index contributed by atoms with van der Waals surface area (Å²) in [5, 5.41) is 3.12. The average molecular weight is 506 g/mol. The summed E-state index contributed by atoms with van der Waals surface area (Å²) in [4.78, 5) is 0. The molecular weight excluding hydrogens is 482 g/mol. The van der Waals surface area contributed by atoms with E-state index < -0.39 is 0 Å². The van der Waals surface area contributed by atoms with E-state index in [1.54, 1.807) is 0 Å². The van der Waals surface area contributed by atoms with E-state index in [0.717, 1.165) is 21.6 Å². The molecule has 0 N–H and O–H groups in total. The van der Waals surface area contributed by atoms with Gasteiger partial charge in [-0.25, -0.2) is 0 Å². The summed E-state index contributed by atoms with van der Waals surface area (Å²) in [5.41, 5.74) is 10.7. The Morgan fingerprint density at radius 3 is 1.61 bits per heavy atom. The Labute approximate surface area is 227 Å². The van der Waals surface area contributed by atoms with E-state index in [1.165, 1.54) is 44.3 Å². The highest BCUT2D eigenvalue weighted by Gasteiger charge is 2.16. The summed E-state index contributed by atoms with van der Waals surface area (Å²) < 4.78 is 2.34. The molecule has 6 aromatic carbocycles. The van der Waals surface area contributed by atoms with Gasteiger partial charge in [0.2, 0.25) is 0 Å². The molecule has 180 valence electrons. The summed E-state index contributed by atoms with van der Waals surface area (Å²) >= 11 is 6.50. The molecule has 1 aromatic heterocycles. The Kier molecular flexibility index (Phi) is 5.57. The summed E-state index contributed by atoms with van der Waals surface area (Å²) in [6.07, 6.45) is 0. The maximum atomic E-state index is 6.50. The van der Waals surface area contributed by atoms with E-state index in [9.17, 15) is 0 Å². The van der Waals surface area contributed by atoms with Crippen molar-refractivity contribution in [3.63, 3.8) is 0 Å².